The second-order valence-electron chi connectivity index (χ2n) is 8.18. The van der Waals surface area contributed by atoms with Gasteiger partial charge >= 0.3 is 5.69 Å². The molecule has 4 aromatic rings. The third-order valence-electron chi connectivity index (χ3n) is 6.27. The van der Waals surface area contributed by atoms with Crippen LogP contribution < -0.4 is 16.1 Å². The molecule has 7 nitrogen and oxygen atoms in total. The standard InChI is InChI=1S/C25H25N5O2/c1-17-9-7-13-20(18(17)2)28-15-16-29-21-22(26-24(28)29)27(3)25(32)30(23(21)31)14-8-12-19-10-5-4-6-11-19/h4-13H,14-16H2,1-3H3. The summed E-state index contributed by atoms with van der Waals surface area (Å²) in [6.07, 6.45) is 3.76. The minimum atomic E-state index is -0.365. The van der Waals surface area contributed by atoms with Gasteiger partial charge in [0.15, 0.2) is 11.2 Å². The normalized spacial score (nSPS) is 13.4. The molecule has 32 heavy (non-hydrogen) atoms. The van der Waals surface area contributed by atoms with Gasteiger partial charge in [-0.3, -0.25) is 13.9 Å². The molecule has 0 N–H and O–H groups in total. The lowest BCUT2D eigenvalue weighted by Gasteiger charge is -2.19. The van der Waals surface area contributed by atoms with E-state index >= 15 is 0 Å². The molecular formula is C25H25N5O2. The Morgan fingerprint density at radius 1 is 1.00 bits per heavy atom. The molecule has 0 bridgehead atoms. The maximum atomic E-state index is 13.4. The van der Waals surface area contributed by atoms with Crippen molar-refractivity contribution in [1.82, 2.24) is 18.7 Å². The van der Waals surface area contributed by atoms with Gasteiger partial charge in [-0.25, -0.2) is 4.79 Å². The third kappa shape index (κ3) is 3.09. The van der Waals surface area contributed by atoms with Crippen LogP contribution in [0.5, 0.6) is 0 Å². The van der Waals surface area contributed by atoms with Crippen molar-refractivity contribution in [2.45, 2.75) is 26.9 Å². The first-order valence-electron chi connectivity index (χ1n) is 10.7. The fraction of sp³-hybridized carbons (Fsp3) is 0.240. The first kappa shape index (κ1) is 20.1. The molecule has 0 aliphatic carbocycles. The zero-order chi connectivity index (χ0) is 22.4. The van der Waals surface area contributed by atoms with Crippen LogP contribution in [-0.2, 0) is 20.1 Å². The molecule has 0 amide bonds. The van der Waals surface area contributed by atoms with E-state index in [1.165, 1.54) is 20.3 Å². The van der Waals surface area contributed by atoms with Gasteiger partial charge in [0.2, 0.25) is 5.95 Å². The lowest BCUT2D eigenvalue weighted by atomic mass is 10.1. The van der Waals surface area contributed by atoms with E-state index in [0.29, 0.717) is 23.7 Å². The van der Waals surface area contributed by atoms with Gasteiger partial charge in [-0.1, -0.05) is 54.6 Å². The third-order valence-corrected chi connectivity index (χ3v) is 6.27. The molecule has 0 saturated carbocycles. The average molecular weight is 428 g/mol. The molecule has 0 unspecified atom stereocenters. The predicted octanol–water partition coefficient (Wildman–Crippen LogP) is 3.38. The highest BCUT2D eigenvalue weighted by Gasteiger charge is 2.29. The van der Waals surface area contributed by atoms with Crippen molar-refractivity contribution in [3.63, 3.8) is 0 Å². The highest BCUT2D eigenvalue weighted by molar-refractivity contribution is 5.78. The summed E-state index contributed by atoms with van der Waals surface area (Å²) >= 11 is 0. The van der Waals surface area contributed by atoms with Crippen molar-refractivity contribution >= 4 is 28.9 Å². The van der Waals surface area contributed by atoms with Gasteiger partial charge < -0.3 is 9.47 Å². The summed E-state index contributed by atoms with van der Waals surface area (Å²) in [5, 5.41) is 0. The van der Waals surface area contributed by atoms with Crippen molar-refractivity contribution in [1.29, 1.82) is 0 Å². The van der Waals surface area contributed by atoms with E-state index in [0.717, 1.165) is 17.8 Å². The minimum Gasteiger partial charge on any atom is -0.310 e. The molecule has 0 atom stereocenters. The molecule has 0 fully saturated rings. The monoisotopic (exact) mass is 427 g/mol. The van der Waals surface area contributed by atoms with Crippen LogP contribution in [0.1, 0.15) is 16.7 Å². The SMILES string of the molecule is Cc1cccc(N2CCn3c2nc2c3c(=O)n(CC=Cc3ccccc3)c(=O)n2C)c1C. The summed E-state index contributed by atoms with van der Waals surface area (Å²) in [6, 6.07) is 16.0. The Kier molecular flexibility index (Phi) is 4.81. The van der Waals surface area contributed by atoms with E-state index < -0.39 is 0 Å². The Labute approximate surface area is 185 Å². The van der Waals surface area contributed by atoms with Crippen LogP contribution in [-0.4, -0.2) is 25.2 Å². The van der Waals surface area contributed by atoms with Crippen molar-refractivity contribution in [3.05, 3.63) is 92.1 Å². The lowest BCUT2D eigenvalue weighted by Crippen LogP contribution is -2.39. The Balaban J connectivity index is 1.60. The van der Waals surface area contributed by atoms with Crippen LogP contribution in [0.25, 0.3) is 17.2 Å². The maximum absolute atomic E-state index is 13.4. The van der Waals surface area contributed by atoms with Crippen LogP contribution in [0, 0.1) is 13.8 Å². The largest absolute Gasteiger partial charge is 0.332 e. The van der Waals surface area contributed by atoms with Gasteiger partial charge in [0.25, 0.3) is 5.56 Å². The summed E-state index contributed by atoms with van der Waals surface area (Å²) in [5.74, 6) is 0.707. The molecule has 5 rings (SSSR count). The number of rotatable bonds is 4. The Hall–Kier alpha value is -3.87. The number of aryl methyl sites for hydroxylation is 2. The predicted molar refractivity (Wildman–Crippen MR) is 128 cm³/mol. The average Bonchev–Trinajstić information content (AvgIpc) is 3.37. The number of benzene rings is 2. The van der Waals surface area contributed by atoms with Crippen molar-refractivity contribution in [3.8, 4) is 0 Å². The molecule has 2 aromatic carbocycles. The molecule has 3 heterocycles. The fourth-order valence-electron chi connectivity index (χ4n) is 4.35. The van der Waals surface area contributed by atoms with Gasteiger partial charge in [-0.05, 0) is 36.6 Å². The van der Waals surface area contributed by atoms with Crippen molar-refractivity contribution in [2.24, 2.45) is 7.05 Å². The summed E-state index contributed by atoms with van der Waals surface area (Å²) in [7, 11) is 1.67. The summed E-state index contributed by atoms with van der Waals surface area (Å²) in [5.41, 5.74) is 4.72. The van der Waals surface area contributed by atoms with Crippen molar-refractivity contribution in [2.75, 3.05) is 11.4 Å². The number of hydrogen-bond donors (Lipinski definition) is 0. The number of fused-ring (bicyclic) bond motifs is 3. The van der Waals surface area contributed by atoms with Gasteiger partial charge in [0.1, 0.15) is 0 Å². The van der Waals surface area contributed by atoms with Crippen LogP contribution >= 0.6 is 0 Å². The molecule has 7 heteroatoms. The van der Waals surface area contributed by atoms with E-state index in [-0.39, 0.29) is 17.8 Å². The fourth-order valence-corrected chi connectivity index (χ4v) is 4.35. The second-order valence-corrected chi connectivity index (χ2v) is 8.18. The molecule has 0 saturated heterocycles. The van der Waals surface area contributed by atoms with E-state index in [4.69, 9.17) is 4.98 Å². The first-order valence-corrected chi connectivity index (χ1v) is 10.7. The number of anilines is 2. The van der Waals surface area contributed by atoms with E-state index in [1.54, 1.807) is 7.05 Å². The molecule has 1 aliphatic heterocycles. The van der Waals surface area contributed by atoms with Gasteiger partial charge in [0, 0.05) is 32.4 Å². The molecule has 0 spiro atoms. The molecule has 162 valence electrons. The molecular weight excluding hydrogens is 402 g/mol. The summed E-state index contributed by atoms with van der Waals surface area (Å²) in [6.45, 7) is 5.77. The summed E-state index contributed by atoms with van der Waals surface area (Å²) in [4.78, 5) is 33.2. The van der Waals surface area contributed by atoms with Crippen molar-refractivity contribution < 1.29 is 0 Å². The minimum absolute atomic E-state index is 0.206. The maximum Gasteiger partial charge on any atom is 0.332 e. The quantitative estimate of drug-likeness (QED) is 0.501. The second kappa shape index (κ2) is 7.67. The highest BCUT2D eigenvalue weighted by atomic mass is 16.2. The van der Waals surface area contributed by atoms with Crippen LogP contribution in [0.15, 0.2) is 64.2 Å². The molecule has 2 aromatic heterocycles. The first-order chi connectivity index (χ1) is 15.5. The number of nitrogens with zero attached hydrogens (tertiary/aromatic N) is 5. The molecule has 1 aliphatic rings. The van der Waals surface area contributed by atoms with Gasteiger partial charge in [-0.2, -0.15) is 4.98 Å². The van der Waals surface area contributed by atoms with Gasteiger partial charge in [0.05, 0.1) is 0 Å². The lowest BCUT2D eigenvalue weighted by molar-refractivity contribution is 0.663. The van der Waals surface area contributed by atoms with E-state index in [9.17, 15) is 9.59 Å². The van der Waals surface area contributed by atoms with E-state index in [1.807, 2.05) is 53.1 Å². The number of imidazole rings is 1. The van der Waals surface area contributed by atoms with E-state index in [2.05, 4.69) is 30.9 Å². The zero-order valence-corrected chi connectivity index (χ0v) is 18.4. The Bertz CT molecular complexity index is 1470. The van der Waals surface area contributed by atoms with Crippen LogP contribution in [0.2, 0.25) is 0 Å². The van der Waals surface area contributed by atoms with Crippen LogP contribution in [0.4, 0.5) is 11.6 Å². The number of allylic oxidation sites excluding steroid dienone is 1. The van der Waals surface area contributed by atoms with Gasteiger partial charge in [-0.15, -0.1) is 0 Å². The highest BCUT2D eigenvalue weighted by Crippen LogP contribution is 2.34. The topological polar surface area (TPSA) is 65.1 Å². The molecule has 0 radical (unpaired) electrons. The smallest absolute Gasteiger partial charge is 0.310 e. The van der Waals surface area contributed by atoms with Crippen LogP contribution in [0.3, 0.4) is 0 Å². The number of aromatic nitrogens is 4. The Morgan fingerprint density at radius 2 is 1.78 bits per heavy atom. The Morgan fingerprint density at radius 3 is 2.56 bits per heavy atom. The number of hydrogen-bond acceptors (Lipinski definition) is 4. The summed E-state index contributed by atoms with van der Waals surface area (Å²) < 4.78 is 4.69. The zero-order valence-electron chi connectivity index (χ0n) is 18.4.